The van der Waals surface area contributed by atoms with Crippen LogP contribution in [0.2, 0.25) is 0 Å². The van der Waals surface area contributed by atoms with Crippen molar-refractivity contribution in [3.63, 3.8) is 0 Å². The quantitative estimate of drug-likeness (QED) is 0.311. The summed E-state index contributed by atoms with van der Waals surface area (Å²) in [6.07, 6.45) is 1.50. The minimum atomic E-state index is -0.991. The molecule has 1 amide bonds. The van der Waals surface area contributed by atoms with Gasteiger partial charge in [0.1, 0.15) is 6.04 Å². The molecule has 0 aliphatic rings. The zero-order valence-corrected chi connectivity index (χ0v) is 19.8. The Morgan fingerprint density at radius 2 is 1.78 bits per heavy atom. The average Bonchev–Trinajstić information content (AvgIpc) is 2.85. The Bertz CT molecular complexity index is 1390. The number of anilines is 1. The Hall–Kier alpha value is -4.72. The number of pyridine rings is 1. The van der Waals surface area contributed by atoms with Gasteiger partial charge in [0.2, 0.25) is 5.95 Å². The van der Waals surface area contributed by atoms with Crippen LogP contribution in [0.3, 0.4) is 0 Å². The molecule has 0 fully saturated rings. The number of carbonyl (C=O) groups excluding carboxylic acids is 3. The fraction of sp³-hybridized carbons (Fsp3) is 0.280. The fourth-order valence-corrected chi connectivity index (χ4v) is 3.19. The molecule has 0 spiro atoms. The number of rotatable bonds is 8. The number of carbonyl (C=O) groups is 3. The molecule has 3 aromatic rings. The van der Waals surface area contributed by atoms with Gasteiger partial charge in [-0.15, -0.1) is 0 Å². The van der Waals surface area contributed by atoms with Crippen molar-refractivity contribution in [2.75, 3.05) is 18.9 Å². The number of nitrogens with one attached hydrogen (secondary N) is 2. The third-order valence-corrected chi connectivity index (χ3v) is 4.90. The third-order valence-electron chi connectivity index (χ3n) is 4.90. The van der Waals surface area contributed by atoms with Gasteiger partial charge in [0, 0.05) is 29.3 Å². The van der Waals surface area contributed by atoms with Gasteiger partial charge >= 0.3 is 11.9 Å². The topological polar surface area (TPSA) is 166 Å². The zero-order valence-electron chi connectivity index (χ0n) is 19.8. The van der Waals surface area contributed by atoms with Gasteiger partial charge in [-0.25, -0.2) is 9.78 Å². The molecule has 2 aromatic heterocycles. The predicted molar refractivity (Wildman–Crippen MR) is 131 cm³/mol. The highest BCUT2D eigenvalue weighted by Gasteiger charge is 2.24. The van der Waals surface area contributed by atoms with Crippen molar-refractivity contribution in [1.29, 1.82) is 0 Å². The lowest BCUT2D eigenvalue weighted by Crippen LogP contribution is -2.42. The van der Waals surface area contributed by atoms with E-state index in [1.165, 1.54) is 6.20 Å². The van der Waals surface area contributed by atoms with E-state index in [9.17, 15) is 19.2 Å². The van der Waals surface area contributed by atoms with Crippen molar-refractivity contribution >= 4 is 34.8 Å². The minimum Gasteiger partial charge on any atom is -0.466 e. The molecule has 0 radical (unpaired) electrons. The number of aromatic amines is 1. The Morgan fingerprint density at radius 1 is 1.08 bits per heavy atom. The maximum absolute atomic E-state index is 12.7. The number of nitrogen functional groups attached to an aromatic ring is 1. The summed E-state index contributed by atoms with van der Waals surface area (Å²) in [5.74, 6) is 4.25. The van der Waals surface area contributed by atoms with Gasteiger partial charge < -0.3 is 20.5 Å². The van der Waals surface area contributed by atoms with Gasteiger partial charge in [-0.1, -0.05) is 11.8 Å². The molecule has 1 atom stereocenters. The van der Waals surface area contributed by atoms with E-state index >= 15 is 0 Å². The molecule has 2 heterocycles. The maximum atomic E-state index is 12.7. The number of nitrogens with zero attached hydrogens (tertiary/aromatic N) is 2. The number of nitrogens with two attached hydrogens (primary N) is 1. The number of esters is 2. The summed E-state index contributed by atoms with van der Waals surface area (Å²) >= 11 is 0. The second-order valence-corrected chi connectivity index (χ2v) is 7.50. The molecule has 3 rings (SSSR count). The average molecular weight is 492 g/mol. The van der Waals surface area contributed by atoms with Crippen LogP contribution in [0.1, 0.15) is 48.2 Å². The molecular formula is C25H25N5O6. The standard InChI is InChI=1S/C25H25N5O6/c1-3-35-20(31)12-11-19(24(34)36-4-2)28-22(32)17-9-7-15(8-10-17)5-6-16-13-18-21(27-14-16)29-25(26)30-23(18)33/h7-10,13-14,19H,3-4,11-12H2,1-2H3,(H,28,32)(H3,26,27,29,30,33)/t19-/m1/s1. The van der Waals surface area contributed by atoms with Gasteiger partial charge in [0.05, 0.1) is 18.6 Å². The summed E-state index contributed by atoms with van der Waals surface area (Å²) in [5.41, 5.74) is 6.74. The van der Waals surface area contributed by atoms with E-state index in [-0.39, 0.29) is 43.0 Å². The molecule has 1 aromatic carbocycles. The van der Waals surface area contributed by atoms with E-state index in [2.05, 4.69) is 32.1 Å². The van der Waals surface area contributed by atoms with Crippen molar-refractivity contribution in [2.24, 2.45) is 0 Å². The maximum Gasteiger partial charge on any atom is 0.328 e. The highest BCUT2D eigenvalue weighted by atomic mass is 16.5. The number of fused-ring (bicyclic) bond motifs is 1. The van der Waals surface area contributed by atoms with Crippen LogP contribution in [0.5, 0.6) is 0 Å². The van der Waals surface area contributed by atoms with Crippen LogP contribution in [0.4, 0.5) is 5.95 Å². The van der Waals surface area contributed by atoms with Gasteiger partial charge in [-0.2, -0.15) is 4.98 Å². The van der Waals surface area contributed by atoms with E-state index in [0.717, 1.165) is 0 Å². The number of amides is 1. The number of H-pyrrole nitrogens is 1. The molecule has 11 heteroatoms. The molecule has 0 aliphatic heterocycles. The molecule has 36 heavy (non-hydrogen) atoms. The summed E-state index contributed by atoms with van der Waals surface area (Å²) in [5, 5.41) is 2.87. The lowest BCUT2D eigenvalue weighted by Gasteiger charge is -2.17. The lowest BCUT2D eigenvalue weighted by molar-refractivity contribution is -0.146. The Morgan fingerprint density at radius 3 is 2.47 bits per heavy atom. The van der Waals surface area contributed by atoms with Gasteiger partial charge in [-0.3, -0.25) is 19.4 Å². The van der Waals surface area contributed by atoms with E-state index in [1.54, 1.807) is 44.2 Å². The first-order valence-corrected chi connectivity index (χ1v) is 11.2. The number of ether oxygens (including phenoxy) is 2. The molecular weight excluding hydrogens is 466 g/mol. The monoisotopic (exact) mass is 491 g/mol. The van der Waals surface area contributed by atoms with Crippen molar-refractivity contribution in [3.05, 3.63) is 63.6 Å². The van der Waals surface area contributed by atoms with Crippen LogP contribution in [-0.2, 0) is 19.1 Å². The molecule has 0 saturated carbocycles. The van der Waals surface area contributed by atoms with Gasteiger partial charge in [-0.05, 0) is 50.6 Å². The van der Waals surface area contributed by atoms with Crippen molar-refractivity contribution in [1.82, 2.24) is 20.3 Å². The minimum absolute atomic E-state index is 0.0180. The Balaban J connectivity index is 1.70. The van der Waals surface area contributed by atoms with Crippen molar-refractivity contribution in [2.45, 2.75) is 32.7 Å². The van der Waals surface area contributed by atoms with E-state index in [0.29, 0.717) is 16.7 Å². The van der Waals surface area contributed by atoms with Gasteiger partial charge in [0.15, 0.2) is 5.65 Å². The summed E-state index contributed by atoms with van der Waals surface area (Å²) in [6, 6.07) is 6.97. The van der Waals surface area contributed by atoms with E-state index in [4.69, 9.17) is 15.2 Å². The SMILES string of the molecule is CCOC(=O)CC[C@@H](NC(=O)c1ccc(C#Cc2cnc3nc(N)[nH]c(=O)c3c2)cc1)C(=O)OCC. The van der Waals surface area contributed by atoms with Crippen LogP contribution in [0.25, 0.3) is 11.0 Å². The molecule has 0 bridgehead atoms. The first kappa shape index (κ1) is 25.9. The molecule has 0 unspecified atom stereocenters. The van der Waals surface area contributed by atoms with Crippen LogP contribution in [0, 0.1) is 11.8 Å². The normalized spacial score (nSPS) is 11.2. The largest absolute Gasteiger partial charge is 0.466 e. The summed E-state index contributed by atoms with van der Waals surface area (Å²) in [6.45, 7) is 3.71. The van der Waals surface area contributed by atoms with Gasteiger partial charge in [0.25, 0.3) is 11.5 Å². The number of hydrogen-bond acceptors (Lipinski definition) is 9. The first-order chi connectivity index (χ1) is 17.3. The summed E-state index contributed by atoms with van der Waals surface area (Å²) in [4.78, 5) is 59.1. The highest BCUT2D eigenvalue weighted by Crippen LogP contribution is 2.09. The second kappa shape index (κ2) is 12.1. The highest BCUT2D eigenvalue weighted by molar-refractivity contribution is 5.97. The predicted octanol–water partition coefficient (Wildman–Crippen LogP) is 1.30. The Labute approximate surface area is 206 Å². The number of aromatic nitrogens is 3. The zero-order chi connectivity index (χ0) is 26.1. The first-order valence-electron chi connectivity index (χ1n) is 11.2. The van der Waals surface area contributed by atoms with Crippen molar-refractivity contribution in [3.8, 4) is 11.8 Å². The van der Waals surface area contributed by atoms with Crippen molar-refractivity contribution < 1.29 is 23.9 Å². The van der Waals surface area contributed by atoms with E-state index < -0.39 is 29.4 Å². The summed E-state index contributed by atoms with van der Waals surface area (Å²) in [7, 11) is 0. The van der Waals surface area contributed by atoms with Crippen LogP contribution < -0.4 is 16.6 Å². The molecule has 0 aliphatic carbocycles. The van der Waals surface area contributed by atoms with E-state index in [1.807, 2.05) is 0 Å². The van der Waals surface area contributed by atoms with Crippen LogP contribution >= 0.6 is 0 Å². The lowest BCUT2D eigenvalue weighted by atomic mass is 10.1. The van der Waals surface area contributed by atoms with Crippen LogP contribution in [0.15, 0.2) is 41.3 Å². The summed E-state index contributed by atoms with van der Waals surface area (Å²) < 4.78 is 9.88. The number of hydrogen-bond donors (Lipinski definition) is 3. The third kappa shape index (κ3) is 6.89. The van der Waals surface area contributed by atoms with Crippen LogP contribution in [-0.4, -0.2) is 52.1 Å². The Kier molecular flexibility index (Phi) is 8.72. The fourth-order valence-electron chi connectivity index (χ4n) is 3.19. The number of benzene rings is 1. The smallest absolute Gasteiger partial charge is 0.328 e. The second-order valence-electron chi connectivity index (χ2n) is 7.50. The molecule has 186 valence electrons. The molecule has 4 N–H and O–H groups in total. The molecule has 0 saturated heterocycles. The molecule has 11 nitrogen and oxygen atoms in total.